The van der Waals surface area contributed by atoms with E-state index in [1.807, 2.05) is 77.9 Å². The predicted molar refractivity (Wildman–Crippen MR) is 161 cm³/mol. The summed E-state index contributed by atoms with van der Waals surface area (Å²) in [5.41, 5.74) is -0.511. The standard InChI is InChI=1S/C29H40Br2N2O6/c1-7-28(8-2,32-20-13-15-22(30)24(17-20)36-11-5)38-26(34)19-27(35)39-29(9-3,10-4)33-21-14-16-23(31)25(18-21)37-12-6/h13-18,32-33H,7-12,19H2,1-6H3. The first-order valence-electron chi connectivity index (χ1n) is 13.4. The molecule has 216 valence electrons. The molecule has 0 aromatic heterocycles. The molecular weight excluding hydrogens is 632 g/mol. The summed E-state index contributed by atoms with van der Waals surface area (Å²) in [7, 11) is 0. The molecule has 10 heteroatoms. The smallest absolute Gasteiger partial charge is 0.319 e. The van der Waals surface area contributed by atoms with Crippen LogP contribution < -0.4 is 20.1 Å². The second kappa shape index (κ2) is 15.4. The van der Waals surface area contributed by atoms with Crippen LogP contribution in [-0.2, 0) is 19.1 Å². The summed E-state index contributed by atoms with van der Waals surface area (Å²) in [5.74, 6) is 0.0321. The molecule has 2 aromatic rings. The first kappa shape index (κ1) is 32.8. The molecule has 2 rings (SSSR count). The van der Waals surface area contributed by atoms with Crippen molar-refractivity contribution in [3.05, 3.63) is 45.3 Å². The number of hydrogen-bond acceptors (Lipinski definition) is 8. The zero-order valence-corrected chi connectivity index (χ0v) is 26.8. The van der Waals surface area contributed by atoms with Gasteiger partial charge in [0.1, 0.15) is 17.9 Å². The molecule has 2 N–H and O–H groups in total. The van der Waals surface area contributed by atoms with E-state index in [0.29, 0.717) is 50.4 Å². The van der Waals surface area contributed by atoms with Crippen LogP contribution in [-0.4, -0.2) is 36.6 Å². The first-order chi connectivity index (χ1) is 18.6. The molecule has 0 spiro atoms. The summed E-state index contributed by atoms with van der Waals surface area (Å²) in [6.07, 6.45) is 1.45. The van der Waals surface area contributed by atoms with Crippen molar-refractivity contribution in [3.8, 4) is 11.5 Å². The van der Waals surface area contributed by atoms with Crippen LogP contribution in [0.2, 0.25) is 0 Å². The molecule has 0 unspecified atom stereocenters. The zero-order valence-electron chi connectivity index (χ0n) is 23.6. The van der Waals surface area contributed by atoms with E-state index in [2.05, 4.69) is 42.5 Å². The van der Waals surface area contributed by atoms with Gasteiger partial charge in [-0.15, -0.1) is 0 Å². The van der Waals surface area contributed by atoms with E-state index >= 15 is 0 Å². The summed E-state index contributed by atoms with van der Waals surface area (Å²) in [6.45, 7) is 12.5. The van der Waals surface area contributed by atoms with Crippen LogP contribution in [0.3, 0.4) is 0 Å². The third-order valence-electron chi connectivity index (χ3n) is 6.40. The molecule has 0 atom stereocenters. The second-order valence-electron chi connectivity index (χ2n) is 8.93. The van der Waals surface area contributed by atoms with Crippen LogP contribution in [0.5, 0.6) is 11.5 Å². The highest BCUT2D eigenvalue weighted by molar-refractivity contribution is 9.10. The van der Waals surface area contributed by atoms with Gasteiger partial charge in [0.05, 0.1) is 22.2 Å². The Labute approximate surface area is 248 Å². The maximum absolute atomic E-state index is 12.9. The molecular formula is C29H40Br2N2O6. The van der Waals surface area contributed by atoms with Crippen molar-refractivity contribution in [2.75, 3.05) is 23.8 Å². The lowest BCUT2D eigenvalue weighted by molar-refractivity contribution is -0.169. The Morgan fingerprint density at radius 1 is 0.667 bits per heavy atom. The molecule has 0 aliphatic rings. The molecule has 0 radical (unpaired) electrons. The van der Waals surface area contributed by atoms with Crippen LogP contribution in [0.25, 0.3) is 0 Å². The number of benzene rings is 2. The topological polar surface area (TPSA) is 95.1 Å². The van der Waals surface area contributed by atoms with Gasteiger partial charge in [-0.2, -0.15) is 0 Å². The van der Waals surface area contributed by atoms with Crippen molar-refractivity contribution in [1.29, 1.82) is 0 Å². The van der Waals surface area contributed by atoms with E-state index < -0.39 is 29.8 Å². The van der Waals surface area contributed by atoms with E-state index in [-0.39, 0.29) is 0 Å². The summed E-state index contributed by atoms with van der Waals surface area (Å²) in [6, 6.07) is 11.2. The zero-order chi connectivity index (χ0) is 29.1. The van der Waals surface area contributed by atoms with Gasteiger partial charge >= 0.3 is 11.9 Å². The number of rotatable bonds is 16. The van der Waals surface area contributed by atoms with E-state index in [1.165, 1.54) is 0 Å². The minimum Gasteiger partial charge on any atom is -0.493 e. The fourth-order valence-electron chi connectivity index (χ4n) is 4.04. The lowest BCUT2D eigenvalue weighted by Crippen LogP contribution is -2.44. The Bertz CT molecular complexity index is 1020. The Morgan fingerprint density at radius 3 is 1.33 bits per heavy atom. The number of anilines is 2. The lowest BCUT2D eigenvalue weighted by atomic mass is 10.1. The van der Waals surface area contributed by atoms with Crippen LogP contribution in [0.15, 0.2) is 45.3 Å². The molecule has 0 saturated carbocycles. The summed E-state index contributed by atoms with van der Waals surface area (Å²) >= 11 is 6.96. The van der Waals surface area contributed by atoms with Gasteiger partial charge in [0.15, 0.2) is 11.4 Å². The molecule has 0 amide bonds. The van der Waals surface area contributed by atoms with Crippen LogP contribution in [0.1, 0.15) is 73.6 Å². The molecule has 0 saturated heterocycles. The number of hydrogen-bond donors (Lipinski definition) is 2. The molecule has 0 heterocycles. The van der Waals surface area contributed by atoms with Gasteiger partial charge in [0.2, 0.25) is 0 Å². The molecule has 2 aromatic carbocycles. The molecule has 0 fully saturated rings. The lowest BCUT2D eigenvalue weighted by Gasteiger charge is -2.35. The third-order valence-corrected chi connectivity index (χ3v) is 7.71. The van der Waals surface area contributed by atoms with Crippen molar-refractivity contribution < 1.29 is 28.5 Å². The van der Waals surface area contributed by atoms with Crippen molar-refractivity contribution in [2.45, 2.75) is 85.1 Å². The molecule has 0 bridgehead atoms. The monoisotopic (exact) mass is 670 g/mol. The molecule has 0 aliphatic carbocycles. The van der Waals surface area contributed by atoms with Crippen LogP contribution in [0, 0.1) is 0 Å². The van der Waals surface area contributed by atoms with Crippen molar-refractivity contribution >= 4 is 55.2 Å². The Balaban J connectivity index is 2.12. The fourth-order valence-corrected chi connectivity index (χ4v) is 4.76. The second-order valence-corrected chi connectivity index (χ2v) is 10.6. The number of esters is 2. The Morgan fingerprint density at radius 2 is 1.03 bits per heavy atom. The van der Waals surface area contributed by atoms with Gasteiger partial charge < -0.3 is 29.6 Å². The Kier molecular flexibility index (Phi) is 12.9. The van der Waals surface area contributed by atoms with E-state index in [4.69, 9.17) is 18.9 Å². The van der Waals surface area contributed by atoms with Crippen molar-refractivity contribution in [1.82, 2.24) is 0 Å². The van der Waals surface area contributed by atoms with Gasteiger partial charge in [-0.05, 0) is 70.0 Å². The largest absolute Gasteiger partial charge is 0.493 e. The average molecular weight is 672 g/mol. The number of ether oxygens (including phenoxy) is 4. The van der Waals surface area contributed by atoms with Crippen molar-refractivity contribution in [2.24, 2.45) is 0 Å². The van der Waals surface area contributed by atoms with E-state index in [0.717, 1.165) is 20.3 Å². The maximum Gasteiger partial charge on any atom is 0.319 e. The number of halogens is 2. The van der Waals surface area contributed by atoms with Gasteiger partial charge in [-0.1, -0.05) is 27.7 Å². The SMILES string of the molecule is CCOc1cc(NC(CC)(CC)OC(=O)CC(=O)OC(CC)(CC)Nc2ccc(Br)c(OCC)c2)ccc1Br. The predicted octanol–water partition coefficient (Wildman–Crippen LogP) is 8.04. The van der Waals surface area contributed by atoms with E-state index in [1.54, 1.807) is 0 Å². The van der Waals surface area contributed by atoms with E-state index in [9.17, 15) is 9.59 Å². The number of nitrogens with one attached hydrogen (secondary N) is 2. The first-order valence-corrected chi connectivity index (χ1v) is 15.0. The van der Waals surface area contributed by atoms with Gasteiger partial charge in [-0.25, -0.2) is 0 Å². The van der Waals surface area contributed by atoms with Crippen LogP contribution >= 0.6 is 31.9 Å². The Hall–Kier alpha value is -2.46. The van der Waals surface area contributed by atoms with Crippen LogP contribution in [0.4, 0.5) is 11.4 Å². The minimum absolute atomic E-state index is 0.492. The highest BCUT2D eigenvalue weighted by Crippen LogP contribution is 2.33. The fraction of sp³-hybridized carbons (Fsp3) is 0.517. The highest BCUT2D eigenvalue weighted by Gasteiger charge is 2.35. The third kappa shape index (κ3) is 9.31. The molecule has 8 nitrogen and oxygen atoms in total. The summed E-state index contributed by atoms with van der Waals surface area (Å²) < 4.78 is 24.7. The minimum atomic E-state index is -0.993. The molecule has 39 heavy (non-hydrogen) atoms. The van der Waals surface area contributed by atoms with Crippen molar-refractivity contribution in [3.63, 3.8) is 0 Å². The number of carbonyl (C=O) groups excluding carboxylic acids is 2. The average Bonchev–Trinajstić information content (AvgIpc) is 2.91. The maximum atomic E-state index is 12.9. The number of carbonyl (C=O) groups is 2. The quantitative estimate of drug-likeness (QED) is 0.105. The normalized spacial score (nSPS) is 11.5. The summed E-state index contributed by atoms with van der Waals surface area (Å²) in [5, 5.41) is 6.64. The van der Waals surface area contributed by atoms with Gasteiger partial charge in [0, 0.05) is 49.2 Å². The van der Waals surface area contributed by atoms with Gasteiger partial charge in [-0.3, -0.25) is 9.59 Å². The van der Waals surface area contributed by atoms with Gasteiger partial charge in [0.25, 0.3) is 0 Å². The molecule has 0 aliphatic heterocycles. The highest BCUT2D eigenvalue weighted by atomic mass is 79.9. The summed E-state index contributed by atoms with van der Waals surface area (Å²) in [4.78, 5) is 25.9.